The van der Waals surface area contributed by atoms with Gasteiger partial charge in [0.2, 0.25) is 10.0 Å². The van der Waals surface area contributed by atoms with Crippen molar-refractivity contribution in [2.45, 2.75) is 42.5 Å². The van der Waals surface area contributed by atoms with Crippen LogP contribution >= 0.6 is 0 Å². The maximum atomic E-state index is 12.8. The molecule has 1 fully saturated rings. The Morgan fingerprint density at radius 2 is 1.53 bits per heavy atom. The Labute approximate surface area is 176 Å². The molecule has 3 aromatic rings. The molecule has 1 aromatic heterocycles. The van der Waals surface area contributed by atoms with Gasteiger partial charge in [-0.05, 0) is 75.2 Å². The highest BCUT2D eigenvalue weighted by Gasteiger charge is 2.28. The quantitative estimate of drug-likeness (QED) is 0.580. The molecular formula is C20H22N4O4S2. The molecule has 2 aromatic carbocycles. The number of anilines is 1. The molecule has 0 saturated heterocycles. The predicted molar refractivity (Wildman–Crippen MR) is 114 cm³/mol. The Balaban J connectivity index is 1.56. The third-order valence-electron chi connectivity index (χ3n) is 4.70. The molecule has 1 saturated carbocycles. The normalized spacial score (nSPS) is 14.6. The van der Waals surface area contributed by atoms with Crippen LogP contribution in [0.15, 0.2) is 64.4 Å². The molecule has 30 heavy (non-hydrogen) atoms. The van der Waals surface area contributed by atoms with Gasteiger partial charge in [0.25, 0.3) is 10.0 Å². The van der Waals surface area contributed by atoms with Crippen molar-refractivity contribution in [3.05, 3.63) is 66.0 Å². The lowest BCUT2D eigenvalue weighted by Gasteiger charge is -2.11. The highest BCUT2D eigenvalue weighted by Crippen LogP contribution is 2.24. The van der Waals surface area contributed by atoms with E-state index in [1.54, 1.807) is 22.9 Å². The second-order valence-electron chi connectivity index (χ2n) is 7.36. The molecule has 0 spiro atoms. The van der Waals surface area contributed by atoms with Gasteiger partial charge in [0.1, 0.15) is 0 Å². The fourth-order valence-corrected chi connectivity index (χ4v) is 5.45. The SMILES string of the molecule is Cc1cc(C)n(-c2cccc(NS(=O)(=O)c3ccc(S(=O)(=O)NC4CC4)cc3)c2)n1. The smallest absolute Gasteiger partial charge is 0.261 e. The van der Waals surface area contributed by atoms with Crippen molar-refractivity contribution in [3.8, 4) is 5.69 Å². The van der Waals surface area contributed by atoms with Crippen LogP contribution in [0.2, 0.25) is 0 Å². The van der Waals surface area contributed by atoms with E-state index < -0.39 is 20.0 Å². The van der Waals surface area contributed by atoms with Crippen LogP contribution in [0.1, 0.15) is 24.2 Å². The Morgan fingerprint density at radius 1 is 0.900 bits per heavy atom. The van der Waals surface area contributed by atoms with Crippen molar-refractivity contribution in [3.63, 3.8) is 0 Å². The lowest BCUT2D eigenvalue weighted by Crippen LogP contribution is -2.25. The van der Waals surface area contributed by atoms with Gasteiger partial charge >= 0.3 is 0 Å². The molecule has 2 N–H and O–H groups in total. The Kier molecular flexibility index (Phi) is 5.16. The number of nitrogens with one attached hydrogen (secondary N) is 2. The molecule has 158 valence electrons. The lowest BCUT2D eigenvalue weighted by atomic mass is 10.3. The van der Waals surface area contributed by atoms with E-state index in [0.29, 0.717) is 5.69 Å². The van der Waals surface area contributed by atoms with Crippen molar-refractivity contribution >= 4 is 25.7 Å². The molecule has 1 aliphatic rings. The molecule has 0 aliphatic heterocycles. The molecule has 0 unspecified atom stereocenters. The second kappa shape index (κ2) is 7.53. The third kappa shape index (κ3) is 4.40. The summed E-state index contributed by atoms with van der Waals surface area (Å²) >= 11 is 0. The van der Waals surface area contributed by atoms with Crippen molar-refractivity contribution in [1.82, 2.24) is 14.5 Å². The van der Waals surface area contributed by atoms with Crippen LogP contribution in [0.5, 0.6) is 0 Å². The van der Waals surface area contributed by atoms with E-state index in [0.717, 1.165) is 29.9 Å². The highest BCUT2D eigenvalue weighted by atomic mass is 32.2. The van der Waals surface area contributed by atoms with E-state index in [4.69, 9.17) is 0 Å². The summed E-state index contributed by atoms with van der Waals surface area (Å²) in [5.74, 6) is 0. The second-order valence-corrected chi connectivity index (χ2v) is 10.8. The zero-order chi connectivity index (χ0) is 21.5. The maximum absolute atomic E-state index is 12.8. The summed E-state index contributed by atoms with van der Waals surface area (Å²) in [6, 6.07) is 14.0. The highest BCUT2D eigenvalue weighted by molar-refractivity contribution is 7.92. The van der Waals surface area contributed by atoms with Crippen molar-refractivity contribution in [2.24, 2.45) is 0 Å². The fraction of sp³-hybridized carbons (Fsp3) is 0.250. The van der Waals surface area contributed by atoms with Crippen LogP contribution in [0.25, 0.3) is 5.69 Å². The summed E-state index contributed by atoms with van der Waals surface area (Å²) in [5, 5.41) is 4.41. The average molecular weight is 447 g/mol. The summed E-state index contributed by atoms with van der Waals surface area (Å²) in [6.45, 7) is 3.81. The van der Waals surface area contributed by atoms with Crippen LogP contribution in [0, 0.1) is 13.8 Å². The molecule has 0 radical (unpaired) electrons. The Bertz CT molecular complexity index is 1290. The van der Waals surface area contributed by atoms with Crippen LogP contribution in [0.4, 0.5) is 5.69 Å². The van der Waals surface area contributed by atoms with Crippen LogP contribution in [-0.2, 0) is 20.0 Å². The van der Waals surface area contributed by atoms with Crippen LogP contribution in [-0.4, -0.2) is 32.7 Å². The van der Waals surface area contributed by atoms with E-state index in [1.807, 2.05) is 26.0 Å². The van der Waals surface area contributed by atoms with Gasteiger partial charge in [-0.15, -0.1) is 0 Å². The van der Waals surface area contributed by atoms with Gasteiger partial charge < -0.3 is 0 Å². The first-order valence-corrected chi connectivity index (χ1v) is 12.4. The topological polar surface area (TPSA) is 110 Å². The molecule has 0 bridgehead atoms. The van der Waals surface area contributed by atoms with Gasteiger partial charge in [0.05, 0.1) is 26.9 Å². The number of aryl methyl sites for hydroxylation is 2. The zero-order valence-corrected chi connectivity index (χ0v) is 18.2. The lowest BCUT2D eigenvalue weighted by molar-refractivity contribution is 0.580. The van der Waals surface area contributed by atoms with Crippen molar-refractivity contribution < 1.29 is 16.8 Å². The van der Waals surface area contributed by atoms with Crippen LogP contribution < -0.4 is 9.44 Å². The molecule has 1 heterocycles. The monoisotopic (exact) mass is 446 g/mol. The van der Waals surface area contributed by atoms with Gasteiger partial charge in [-0.3, -0.25) is 4.72 Å². The maximum Gasteiger partial charge on any atom is 0.261 e. The van der Waals surface area contributed by atoms with Gasteiger partial charge in [-0.1, -0.05) is 6.07 Å². The summed E-state index contributed by atoms with van der Waals surface area (Å²) in [6.07, 6.45) is 1.65. The number of aromatic nitrogens is 2. The van der Waals surface area contributed by atoms with E-state index in [2.05, 4.69) is 14.5 Å². The number of nitrogens with zero attached hydrogens (tertiary/aromatic N) is 2. The standard InChI is InChI=1S/C20H22N4O4S2/c1-14-12-15(2)24(21-14)18-5-3-4-17(13-18)23-30(27,28)20-10-8-19(9-11-20)29(25,26)22-16-6-7-16/h3-5,8-13,16,22-23H,6-7H2,1-2H3. The van der Waals surface area contributed by atoms with Gasteiger partial charge in [0.15, 0.2) is 0 Å². The molecule has 1 aliphatic carbocycles. The zero-order valence-electron chi connectivity index (χ0n) is 16.5. The van der Waals surface area contributed by atoms with E-state index in [-0.39, 0.29) is 15.8 Å². The van der Waals surface area contributed by atoms with Crippen molar-refractivity contribution in [2.75, 3.05) is 4.72 Å². The molecule has 8 nitrogen and oxygen atoms in total. The minimum atomic E-state index is -3.89. The molecule has 0 amide bonds. The predicted octanol–water partition coefficient (Wildman–Crippen LogP) is 2.73. The first-order chi connectivity index (χ1) is 14.1. The molecule has 0 atom stereocenters. The van der Waals surface area contributed by atoms with E-state index in [9.17, 15) is 16.8 Å². The number of hydrogen-bond acceptors (Lipinski definition) is 5. The number of rotatable bonds is 7. The third-order valence-corrected chi connectivity index (χ3v) is 7.63. The minimum Gasteiger partial charge on any atom is -0.280 e. The van der Waals surface area contributed by atoms with Crippen LogP contribution in [0.3, 0.4) is 0 Å². The van der Waals surface area contributed by atoms with Gasteiger partial charge in [0, 0.05) is 11.7 Å². The summed E-state index contributed by atoms with van der Waals surface area (Å²) in [4.78, 5) is 0.0178. The van der Waals surface area contributed by atoms with Gasteiger partial charge in [-0.2, -0.15) is 5.10 Å². The summed E-state index contributed by atoms with van der Waals surface area (Å²) < 4.78 is 56.9. The first kappa shape index (κ1) is 20.6. The largest absolute Gasteiger partial charge is 0.280 e. The van der Waals surface area contributed by atoms with E-state index >= 15 is 0 Å². The number of benzene rings is 2. The molecule has 10 heteroatoms. The van der Waals surface area contributed by atoms with E-state index in [1.165, 1.54) is 24.3 Å². The fourth-order valence-electron chi connectivity index (χ4n) is 3.09. The first-order valence-electron chi connectivity index (χ1n) is 9.43. The molecule has 4 rings (SSSR count). The summed E-state index contributed by atoms with van der Waals surface area (Å²) in [7, 11) is -7.52. The summed E-state index contributed by atoms with van der Waals surface area (Å²) in [5.41, 5.74) is 2.91. The van der Waals surface area contributed by atoms with Gasteiger partial charge in [-0.25, -0.2) is 26.2 Å². The van der Waals surface area contributed by atoms with Crippen molar-refractivity contribution in [1.29, 1.82) is 0 Å². The number of sulfonamides is 2. The Morgan fingerprint density at radius 3 is 2.10 bits per heavy atom. The number of hydrogen-bond donors (Lipinski definition) is 2. The minimum absolute atomic E-state index is 0.0189. The average Bonchev–Trinajstić information content (AvgIpc) is 3.42. The Hall–Kier alpha value is -2.69. The molecular weight excluding hydrogens is 424 g/mol.